The molecular weight excluding hydrogens is 760 g/mol. The molecule has 5 aromatic rings. The van der Waals surface area contributed by atoms with Gasteiger partial charge in [0, 0.05) is 30.6 Å². The van der Waals surface area contributed by atoms with Gasteiger partial charge in [0.2, 0.25) is 16.6 Å². The smallest absolute Gasteiger partial charge is 0.299 e. The fraction of sp³-hybridized carbons (Fsp3) is 0.312. The minimum atomic E-state index is -4.18. The molecule has 5 heterocycles. The van der Waals surface area contributed by atoms with Gasteiger partial charge in [-0.1, -0.05) is 49.0 Å². The zero-order chi connectivity index (χ0) is 37.5. The van der Waals surface area contributed by atoms with Gasteiger partial charge in [-0.3, -0.25) is 14.4 Å². The SMILES string of the molecule is C#CCN1C(=O)COc2cc(F)c(/N=c3\snc4n3CC(C)(C)C4)cc21.COc1cc(OC)n2nc(S(=O)(=O)Nc3c(Cl)ccc(C)c3Cl)nc2n1. The Labute approximate surface area is 311 Å². The second-order valence-electron chi connectivity index (χ2n) is 12.3. The molecule has 15 nitrogen and oxygen atoms in total. The van der Waals surface area contributed by atoms with Gasteiger partial charge in [0.1, 0.15) is 17.3 Å². The molecule has 0 saturated carbocycles. The summed E-state index contributed by atoms with van der Waals surface area (Å²) in [4.78, 5) is 26.5. The van der Waals surface area contributed by atoms with Crippen molar-refractivity contribution in [1.82, 2.24) is 28.5 Å². The normalized spacial score (nSPS) is 14.9. The zero-order valence-electron chi connectivity index (χ0n) is 28.3. The number of carbonyl (C=O) groups is 1. The Bertz CT molecular complexity index is 2460. The van der Waals surface area contributed by atoms with Gasteiger partial charge in [-0.2, -0.15) is 27.3 Å². The van der Waals surface area contributed by atoms with E-state index in [2.05, 4.69) is 48.9 Å². The Morgan fingerprint density at radius 3 is 2.67 bits per heavy atom. The molecule has 3 aromatic heterocycles. The number of anilines is 2. The second kappa shape index (κ2) is 14.2. The third-order valence-corrected chi connectivity index (χ3v) is 10.6. The van der Waals surface area contributed by atoms with Gasteiger partial charge in [-0.15, -0.1) is 11.5 Å². The summed E-state index contributed by atoms with van der Waals surface area (Å²) >= 11 is 13.4. The number of terminal acetylenes is 1. The number of hydrogen-bond acceptors (Lipinski definition) is 12. The Morgan fingerprint density at radius 1 is 1.19 bits per heavy atom. The first-order chi connectivity index (χ1) is 24.6. The van der Waals surface area contributed by atoms with Crippen LogP contribution in [-0.4, -0.2) is 70.2 Å². The summed E-state index contributed by atoms with van der Waals surface area (Å²) in [5.41, 5.74) is 1.38. The van der Waals surface area contributed by atoms with Crippen LogP contribution in [0.2, 0.25) is 10.0 Å². The molecule has 0 unspecified atom stereocenters. The fourth-order valence-electron chi connectivity index (χ4n) is 5.34. The van der Waals surface area contributed by atoms with E-state index in [4.69, 9.17) is 43.8 Å². The molecule has 0 aliphatic carbocycles. The molecule has 2 aliphatic rings. The number of sulfonamides is 1. The van der Waals surface area contributed by atoms with Crippen molar-refractivity contribution in [3.63, 3.8) is 0 Å². The number of aromatic nitrogens is 6. The maximum atomic E-state index is 14.5. The van der Waals surface area contributed by atoms with Crippen molar-refractivity contribution in [3.8, 4) is 29.9 Å². The number of ether oxygens (including phenoxy) is 3. The Balaban J connectivity index is 0.000000179. The molecule has 0 saturated heterocycles. The highest BCUT2D eigenvalue weighted by Crippen LogP contribution is 2.38. The van der Waals surface area contributed by atoms with Crippen LogP contribution in [0.25, 0.3) is 5.78 Å². The summed E-state index contributed by atoms with van der Waals surface area (Å²) in [6, 6.07) is 7.41. The molecule has 2 aromatic carbocycles. The maximum absolute atomic E-state index is 14.5. The van der Waals surface area contributed by atoms with Crippen molar-refractivity contribution in [1.29, 1.82) is 0 Å². The summed E-state index contributed by atoms with van der Waals surface area (Å²) in [5.74, 6) is 3.31. The molecule has 272 valence electrons. The highest BCUT2D eigenvalue weighted by molar-refractivity contribution is 7.92. The third-order valence-electron chi connectivity index (χ3n) is 7.85. The molecule has 0 spiro atoms. The van der Waals surface area contributed by atoms with Crippen LogP contribution in [-0.2, 0) is 27.8 Å². The van der Waals surface area contributed by atoms with Crippen LogP contribution in [0.5, 0.6) is 17.5 Å². The average molecular weight is 791 g/mol. The number of nitrogens with zero attached hydrogens (tertiary/aromatic N) is 8. The lowest BCUT2D eigenvalue weighted by molar-refractivity contribution is -0.121. The van der Waals surface area contributed by atoms with Crippen LogP contribution in [0.4, 0.5) is 21.5 Å². The number of aryl methyl sites for hydroxylation is 1. The van der Waals surface area contributed by atoms with E-state index in [9.17, 15) is 17.6 Å². The number of halogens is 3. The van der Waals surface area contributed by atoms with E-state index in [0.717, 1.165) is 23.3 Å². The second-order valence-corrected chi connectivity index (χ2v) is 15.4. The monoisotopic (exact) mass is 789 g/mol. The molecule has 0 atom stereocenters. The van der Waals surface area contributed by atoms with E-state index in [1.54, 1.807) is 13.0 Å². The number of methoxy groups -OCH3 is 2. The molecule has 0 bridgehead atoms. The minimum absolute atomic E-state index is 0.0111. The quantitative estimate of drug-likeness (QED) is 0.226. The number of nitrogens with one attached hydrogen (secondary N) is 1. The van der Waals surface area contributed by atoms with Gasteiger partial charge in [-0.05, 0) is 30.0 Å². The zero-order valence-corrected chi connectivity index (χ0v) is 31.4. The van der Waals surface area contributed by atoms with E-state index in [0.29, 0.717) is 21.8 Å². The van der Waals surface area contributed by atoms with E-state index in [1.165, 1.54) is 54.9 Å². The first-order valence-electron chi connectivity index (χ1n) is 15.3. The van der Waals surface area contributed by atoms with Gasteiger partial charge < -0.3 is 18.8 Å². The van der Waals surface area contributed by atoms with Gasteiger partial charge in [-0.25, -0.2) is 9.38 Å². The lowest BCUT2D eigenvalue weighted by atomic mass is 9.92. The Morgan fingerprint density at radius 2 is 1.96 bits per heavy atom. The lowest BCUT2D eigenvalue weighted by Crippen LogP contribution is -2.39. The fourth-order valence-corrected chi connectivity index (χ4v) is 7.64. The van der Waals surface area contributed by atoms with E-state index >= 15 is 0 Å². The van der Waals surface area contributed by atoms with Crippen LogP contribution in [0.15, 0.2) is 40.5 Å². The Hall–Kier alpha value is -4.96. The summed E-state index contributed by atoms with van der Waals surface area (Å²) < 4.78 is 65.3. The molecule has 0 radical (unpaired) electrons. The highest BCUT2D eigenvalue weighted by atomic mass is 35.5. The maximum Gasteiger partial charge on any atom is 0.299 e. The number of hydrogen-bond donors (Lipinski definition) is 1. The first kappa shape index (κ1) is 36.8. The van der Waals surface area contributed by atoms with Crippen LogP contribution >= 0.6 is 34.7 Å². The van der Waals surface area contributed by atoms with Crippen molar-refractivity contribution in [3.05, 3.63) is 62.4 Å². The van der Waals surface area contributed by atoms with Crippen LogP contribution in [0.1, 0.15) is 25.2 Å². The van der Waals surface area contributed by atoms with Crippen LogP contribution < -0.4 is 28.6 Å². The summed E-state index contributed by atoms with van der Waals surface area (Å²) in [5, 5.41) is 3.74. The summed E-state index contributed by atoms with van der Waals surface area (Å²) in [6.07, 6.45) is 6.22. The predicted molar refractivity (Wildman–Crippen MR) is 192 cm³/mol. The van der Waals surface area contributed by atoms with Crippen molar-refractivity contribution < 1.29 is 31.8 Å². The van der Waals surface area contributed by atoms with Crippen molar-refractivity contribution >= 4 is 73.5 Å². The molecule has 2 aliphatic heterocycles. The number of amides is 1. The predicted octanol–water partition coefficient (Wildman–Crippen LogP) is 4.81. The molecule has 20 heteroatoms. The van der Waals surface area contributed by atoms with Gasteiger partial charge in [0.05, 0.1) is 48.3 Å². The largest absolute Gasteiger partial charge is 0.481 e. The van der Waals surface area contributed by atoms with Crippen molar-refractivity contribution in [2.45, 2.75) is 38.9 Å². The topological polar surface area (TPSA) is 167 Å². The highest BCUT2D eigenvalue weighted by Gasteiger charge is 2.31. The molecule has 1 N–H and O–H groups in total. The standard InChI is InChI=1S/C18H17FN4O2S.C14H13Cl2N5O4S/c1-4-5-22-13-7-12(11(19)6-14(13)25-9-16(22)24)20-17-23-10-18(2,3)8-15(23)21-26-17;1-7-4-5-8(15)12(11(7)16)20-26(22,23)14-18-13-17-9(24-2)6-10(25-3)21(13)19-14/h1,6-7H,5,8-10H2,2-3H3;4-6,20H,1-3H3/b20-17-;. The molecule has 0 fully saturated rings. The molecule has 52 heavy (non-hydrogen) atoms. The summed E-state index contributed by atoms with van der Waals surface area (Å²) in [6.45, 7) is 6.78. The minimum Gasteiger partial charge on any atom is -0.481 e. The van der Waals surface area contributed by atoms with E-state index < -0.39 is 21.0 Å². The average Bonchev–Trinajstić information content (AvgIpc) is 3.79. The van der Waals surface area contributed by atoms with Crippen LogP contribution in [0, 0.1) is 30.5 Å². The molecule has 1 amide bonds. The van der Waals surface area contributed by atoms with E-state index in [-0.39, 0.29) is 63.4 Å². The van der Waals surface area contributed by atoms with Crippen molar-refractivity contribution in [2.24, 2.45) is 10.4 Å². The molecule has 7 rings (SSSR count). The number of carbonyl (C=O) groups excluding carboxylic acids is 1. The van der Waals surface area contributed by atoms with E-state index in [1.807, 2.05) is 4.57 Å². The lowest BCUT2D eigenvalue weighted by Gasteiger charge is -2.28. The Kier molecular flexibility index (Phi) is 10.1. The van der Waals surface area contributed by atoms with Crippen molar-refractivity contribution in [2.75, 3.05) is 37.0 Å². The number of fused-ring (bicyclic) bond motifs is 3. The first-order valence-corrected chi connectivity index (χ1v) is 18.3. The van der Waals surface area contributed by atoms with Gasteiger partial charge in [0.15, 0.2) is 12.4 Å². The molecular formula is C32H30Cl2FN9O6S2. The van der Waals surface area contributed by atoms with Crippen LogP contribution in [0.3, 0.4) is 0 Å². The number of rotatable bonds is 7. The van der Waals surface area contributed by atoms with Gasteiger partial charge >= 0.3 is 0 Å². The van der Waals surface area contributed by atoms with Gasteiger partial charge in [0.25, 0.3) is 26.9 Å². The third kappa shape index (κ3) is 7.21. The number of benzene rings is 2. The summed E-state index contributed by atoms with van der Waals surface area (Å²) in [7, 11) is -1.37.